The molecule has 0 aromatic heterocycles. The molecule has 0 unspecified atom stereocenters. The minimum atomic E-state index is -0.142. The number of amides is 1. The van der Waals surface area contributed by atoms with Crippen molar-refractivity contribution in [3.63, 3.8) is 0 Å². The van der Waals surface area contributed by atoms with Crippen LogP contribution in [-0.2, 0) is 4.79 Å². The van der Waals surface area contributed by atoms with Crippen molar-refractivity contribution in [3.8, 4) is 0 Å². The van der Waals surface area contributed by atoms with E-state index in [1.807, 2.05) is 0 Å². The predicted molar refractivity (Wildman–Crippen MR) is 50.3 cm³/mol. The topological polar surface area (TPSA) is 61.4 Å². The number of rotatable bonds is 3. The van der Waals surface area contributed by atoms with E-state index in [2.05, 4.69) is 10.6 Å². The van der Waals surface area contributed by atoms with Crippen molar-refractivity contribution < 1.29 is 9.90 Å². The highest BCUT2D eigenvalue weighted by atomic mass is 16.3. The summed E-state index contributed by atoms with van der Waals surface area (Å²) in [4.78, 5) is 11.5. The second-order valence-corrected chi connectivity index (χ2v) is 3.59. The van der Waals surface area contributed by atoms with Crippen molar-refractivity contribution in [3.05, 3.63) is 0 Å². The summed E-state index contributed by atoms with van der Waals surface area (Å²) in [6.07, 6.45) is 3.17. The molecule has 4 heteroatoms. The summed E-state index contributed by atoms with van der Waals surface area (Å²) in [6.45, 7) is 2.71. The summed E-state index contributed by atoms with van der Waals surface area (Å²) in [5.74, 6) is 0.0150. The Hall–Kier alpha value is -0.610. The Balaban J connectivity index is 2.29. The van der Waals surface area contributed by atoms with Crippen LogP contribution in [0.5, 0.6) is 0 Å². The average Bonchev–Trinajstić information content (AvgIpc) is 2.19. The summed E-state index contributed by atoms with van der Waals surface area (Å²) < 4.78 is 0. The van der Waals surface area contributed by atoms with Gasteiger partial charge in [-0.25, -0.2) is 0 Å². The maximum Gasteiger partial charge on any atom is 0.237 e. The second kappa shape index (κ2) is 5.19. The molecule has 1 heterocycles. The molecule has 1 rings (SSSR count). The molecule has 0 saturated carbocycles. The average molecular weight is 186 g/mol. The monoisotopic (exact) mass is 186 g/mol. The molecule has 1 aliphatic heterocycles. The lowest BCUT2D eigenvalue weighted by Crippen LogP contribution is -2.49. The Kier molecular flexibility index (Phi) is 4.18. The van der Waals surface area contributed by atoms with Crippen LogP contribution in [0.2, 0.25) is 0 Å². The molecule has 3 N–H and O–H groups in total. The van der Waals surface area contributed by atoms with Gasteiger partial charge in [0, 0.05) is 6.04 Å². The molecular formula is C9H18N2O2. The number of aliphatic hydroxyl groups excluding tert-OH is 1. The zero-order valence-corrected chi connectivity index (χ0v) is 8.05. The lowest BCUT2D eigenvalue weighted by molar-refractivity contribution is -0.124. The van der Waals surface area contributed by atoms with Gasteiger partial charge in [0.15, 0.2) is 0 Å². The summed E-state index contributed by atoms with van der Waals surface area (Å²) in [7, 11) is 0. The summed E-state index contributed by atoms with van der Waals surface area (Å²) in [6, 6.07) is -0.195. The number of hydrogen-bond acceptors (Lipinski definition) is 3. The molecule has 76 valence electrons. The molecule has 0 aliphatic carbocycles. The van der Waals surface area contributed by atoms with E-state index in [9.17, 15) is 4.79 Å². The maximum absolute atomic E-state index is 11.5. The lowest BCUT2D eigenvalue weighted by Gasteiger charge is -2.23. The van der Waals surface area contributed by atoms with Gasteiger partial charge in [0.05, 0.1) is 12.6 Å². The minimum absolute atomic E-state index is 0.00153. The third-order valence-corrected chi connectivity index (χ3v) is 2.29. The fourth-order valence-electron chi connectivity index (χ4n) is 1.46. The maximum atomic E-state index is 11.5. The molecule has 1 aliphatic rings. The van der Waals surface area contributed by atoms with Gasteiger partial charge < -0.3 is 15.7 Å². The SMILES string of the molecule is C[C@H](CO)NC(=O)[C@H]1CCCCN1. The normalized spacial score (nSPS) is 25.2. The van der Waals surface area contributed by atoms with E-state index in [0.29, 0.717) is 0 Å². The number of carbonyl (C=O) groups is 1. The van der Waals surface area contributed by atoms with E-state index in [-0.39, 0.29) is 24.6 Å². The Labute approximate surface area is 78.7 Å². The number of carbonyl (C=O) groups excluding carboxylic acids is 1. The van der Waals surface area contributed by atoms with Crippen LogP contribution in [-0.4, -0.2) is 36.2 Å². The van der Waals surface area contributed by atoms with E-state index in [0.717, 1.165) is 25.8 Å². The number of aliphatic hydroxyl groups is 1. The van der Waals surface area contributed by atoms with E-state index < -0.39 is 0 Å². The van der Waals surface area contributed by atoms with Gasteiger partial charge in [-0.1, -0.05) is 6.42 Å². The van der Waals surface area contributed by atoms with Gasteiger partial charge in [-0.3, -0.25) is 4.79 Å². The lowest BCUT2D eigenvalue weighted by atomic mass is 10.0. The molecule has 0 radical (unpaired) electrons. The van der Waals surface area contributed by atoms with Crippen LogP contribution >= 0.6 is 0 Å². The van der Waals surface area contributed by atoms with Crippen LogP contribution in [0.1, 0.15) is 26.2 Å². The fourth-order valence-corrected chi connectivity index (χ4v) is 1.46. The largest absolute Gasteiger partial charge is 0.394 e. The standard InChI is InChI=1S/C9H18N2O2/c1-7(6-12)11-9(13)8-4-2-3-5-10-8/h7-8,10,12H,2-6H2,1H3,(H,11,13)/t7-,8-/m1/s1. The van der Waals surface area contributed by atoms with E-state index in [1.165, 1.54) is 0 Å². The highest BCUT2D eigenvalue weighted by Gasteiger charge is 2.20. The van der Waals surface area contributed by atoms with E-state index in [4.69, 9.17) is 5.11 Å². The van der Waals surface area contributed by atoms with Gasteiger partial charge in [-0.05, 0) is 26.3 Å². The summed E-state index contributed by atoms with van der Waals surface area (Å²) >= 11 is 0. The zero-order valence-electron chi connectivity index (χ0n) is 8.05. The first-order valence-electron chi connectivity index (χ1n) is 4.88. The Bertz CT molecular complexity index is 167. The van der Waals surface area contributed by atoms with Crippen LogP contribution in [0, 0.1) is 0 Å². The molecule has 2 atom stereocenters. The predicted octanol–water partition coefficient (Wildman–Crippen LogP) is -0.374. The van der Waals surface area contributed by atoms with Gasteiger partial charge >= 0.3 is 0 Å². The van der Waals surface area contributed by atoms with Crippen molar-refractivity contribution in [2.24, 2.45) is 0 Å². The third-order valence-electron chi connectivity index (χ3n) is 2.29. The van der Waals surface area contributed by atoms with Crippen LogP contribution in [0.15, 0.2) is 0 Å². The van der Waals surface area contributed by atoms with Crippen molar-refractivity contribution in [1.29, 1.82) is 0 Å². The Morgan fingerprint density at radius 3 is 3.00 bits per heavy atom. The van der Waals surface area contributed by atoms with E-state index in [1.54, 1.807) is 6.92 Å². The molecule has 0 aromatic carbocycles. The highest BCUT2D eigenvalue weighted by molar-refractivity contribution is 5.82. The quantitative estimate of drug-likeness (QED) is 0.563. The molecule has 1 fully saturated rings. The fraction of sp³-hybridized carbons (Fsp3) is 0.889. The van der Waals surface area contributed by atoms with Gasteiger partial charge in [-0.2, -0.15) is 0 Å². The molecule has 0 aromatic rings. The van der Waals surface area contributed by atoms with Gasteiger partial charge in [-0.15, -0.1) is 0 Å². The molecule has 0 spiro atoms. The van der Waals surface area contributed by atoms with Crippen LogP contribution in [0.3, 0.4) is 0 Å². The molecular weight excluding hydrogens is 168 g/mol. The molecule has 1 saturated heterocycles. The first-order valence-corrected chi connectivity index (χ1v) is 4.88. The summed E-state index contributed by atoms with van der Waals surface area (Å²) in [5, 5.41) is 14.6. The molecule has 4 nitrogen and oxygen atoms in total. The smallest absolute Gasteiger partial charge is 0.237 e. The van der Waals surface area contributed by atoms with Gasteiger partial charge in [0.2, 0.25) is 5.91 Å². The van der Waals surface area contributed by atoms with Crippen LogP contribution < -0.4 is 10.6 Å². The number of piperidine rings is 1. The van der Waals surface area contributed by atoms with Crippen LogP contribution in [0.25, 0.3) is 0 Å². The van der Waals surface area contributed by atoms with Gasteiger partial charge in [0.25, 0.3) is 0 Å². The zero-order chi connectivity index (χ0) is 9.68. The molecule has 1 amide bonds. The molecule has 13 heavy (non-hydrogen) atoms. The molecule has 0 bridgehead atoms. The summed E-state index contributed by atoms with van der Waals surface area (Å²) in [5.41, 5.74) is 0. The van der Waals surface area contributed by atoms with Crippen LogP contribution in [0.4, 0.5) is 0 Å². The Morgan fingerprint density at radius 1 is 1.69 bits per heavy atom. The third kappa shape index (κ3) is 3.32. The first kappa shape index (κ1) is 10.5. The van der Waals surface area contributed by atoms with Crippen molar-refractivity contribution in [1.82, 2.24) is 10.6 Å². The van der Waals surface area contributed by atoms with Gasteiger partial charge in [0.1, 0.15) is 0 Å². The highest BCUT2D eigenvalue weighted by Crippen LogP contribution is 2.06. The first-order chi connectivity index (χ1) is 6.24. The Morgan fingerprint density at radius 2 is 2.46 bits per heavy atom. The number of nitrogens with one attached hydrogen (secondary N) is 2. The number of hydrogen-bond donors (Lipinski definition) is 3. The van der Waals surface area contributed by atoms with Crippen molar-refractivity contribution in [2.45, 2.75) is 38.3 Å². The van der Waals surface area contributed by atoms with E-state index >= 15 is 0 Å². The second-order valence-electron chi connectivity index (χ2n) is 3.59. The van der Waals surface area contributed by atoms with Crippen molar-refractivity contribution in [2.75, 3.05) is 13.2 Å². The van der Waals surface area contributed by atoms with Crippen molar-refractivity contribution >= 4 is 5.91 Å². The minimum Gasteiger partial charge on any atom is -0.394 e.